The first-order chi connectivity index (χ1) is 12.5. The van der Waals surface area contributed by atoms with Gasteiger partial charge in [0.2, 0.25) is 5.88 Å². The Labute approximate surface area is 149 Å². The molecule has 2 amide bonds. The molecule has 0 spiro atoms. The zero-order valence-electron chi connectivity index (χ0n) is 14.3. The Balaban J connectivity index is 1.55. The molecule has 1 aliphatic rings. The summed E-state index contributed by atoms with van der Waals surface area (Å²) in [6.45, 7) is 4.47. The second kappa shape index (κ2) is 7.94. The summed E-state index contributed by atoms with van der Waals surface area (Å²) >= 11 is 0. The van der Waals surface area contributed by atoms with E-state index in [0.717, 1.165) is 18.2 Å². The molecule has 3 rings (SSSR count). The lowest BCUT2D eigenvalue weighted by Crippen LogP contribution is -2.50. The van der Waals surface area contributed by atoms with E-state index in [0.29, 0.717) is 44.5 Å². The van der Waals surface area contributed by atoms with Crippen LogP contribution in [0.2, 0.25) is 0 Å². The molecular weight excluding hydrogens is 344 g/mol. The third-order valence-corrected chi connectivity index (χ3v) is 3.92. The van der Waals surface area contributed by atoms with Crippen LogP contribution in [0.1, 0.15) is 6.92 Å². The van der Waals surface area contributed by atoms with Gasteiger partial charge in [0.1, 0.15) is 11.6 Å². The number of nitrogens with one attached hydrogen (secondary N) is 1. The maximum atomic E-state index is 13.2. The van der Waals surface area contributed by atoms with E-state index in [2.05, 4.69) is 15.5 Å². The Hall–Kier alpha value is -2.97. The number of hydrogen-bond acceptors (Lipinski definition) is 5. The van der Waals surface area contributed by atoms with Crippen LogP contribution in [0.3, 0.4) is 0 Å². The molecule has 1 N–H and O–H groups in total. The Morgan fingerprint density at radius 1 is 1.12 bits per heavy atom. The van der Waals surface area contributed by atoms with Crippen molar-refractivity contribution in [3.8, 4) is 5.88 Å². The monoisotopic (exact) mass is 363 g/mol. The molecule has 26 heavy (non-hydrogen) atoms. The third-order valence-electron chi connectivity index (χ3n) is 3.92. The van der Waals surface area contributed by atoms with Crippen LogP contribution in [0.25, 0.3) is 0 Å². The fourth-order valence-corrected chi connectivity index (χ4v) is 2.67. The number of ether oxygens (including phenoxy) is 1. The average molecular weight is 363 g/mol. The van der Waals surface area contributed by atoms with Crippen molar-refractivity contribution in [2.45, 2.75) is 6.92 Å². The summed E-state index contributed by atoms with van der Waals surface area (Å²) in [5.74, 6) is -0.296. The number of amides is 2. The first-order valence-corrected chi connectivity index (χ1v) is 8.28. The van der Waals surface area contributed by atoms with Gasteiger partial charge < -0.3 is 19.9 Å². The molecule has 1 aliphatic heterocycles. The molecule has 1 aromatic carbocycles. The molecule has 0 aliphatic carbocycles. The zero-order chi connectivity index (χ0) is 18.5. The van der Waals surface area contributed by atoms with Crippen molar-refractivity contribution < 1.29 is 18.3 Å². The van der Waals surface area contributed by atoms with Gasteiger partial charge in [-0.3, -0.25) is 0 Å². The van der Waals surface area contributed by atoms with E-state index >= 15 is 0 Å². The van der Waals surface area contributed by atoms with Crippen molar-refractivity contribution in [1.29, 1.82) is 0 Å². The van der Waals surface area contributed by atoms with Gasteiger partial charge in [0.15, 0.2) is 5.82 Å². The first kappa shape index (κ1) is 17.8. The van der Waals surface area contributed by atoms with E-state index in [9.17, 15) is 13.6 Å². The average Bonchev–Trinajstić information content (AvgIpc) is 2.62. The number of piperazine rings is 1. The van der Waals surface area contributed by atoms with E-state index in [1.165, 1.54) is 0 Å². The lowest BCUT2D eigenvalue weighted by molar-refractivity contribution is 0.208. The highest BCUT2D eigenvalue weighted by Crippen LogP contribution is 2.17. The number of urea groups is 1. The van der Waals surface area contributed by atoms with E-state index < -0.39 is 17.7 Å². The van der Waals surface area contributed by atoms with Crippen molar-refractivity contribution in [2.24, 2.45) is 0 Å². The van der Waals surface area contributed by atoms with E-state index in [-0.39, 0.29) is 5.69 Å². The largest absolute Gasteiger partial charge is 0.477 e. The molecule has 138 valence electrons. The minimum atomic E-state index is -0.737. The Morgan fingerprint density at radius 2 is 1.81 bits per heavy atom. The number of carbonyl (C=O) groups is 1. The summed E-state index contributed by atoms with van der Waals surface area (Å²) < 4.78 is 31.7. The lowest BCUT2D eigenvalue weighted by atomic mass is 10.3. The maximum absolute atomic E-state index is 13.2. The van der Waals surface area contributed by atoms with E-state index in [1.807, 2.05) is 17.9 Å². The molecule has 1 aromatic heterocycles. The number of benzene rings is 1. The molecule has 2 heterocycles. The minimum absolute atomic E-state index is 0.0901. The van der Waals surface area contributed by atoms with Gasteiger partial charge in [-0.25, -0.2) is 13.6 Å². The predicted molar refractivity (Wildman–Crippen MR) is 92.4 cm³/mol. The summed E-state index contributed by atoms with van der Waals surface area (Å²) in [5, 5.41) is 10.6. The summed E-state index contributed by atoms with van der Waals surface area (Å²) in [6, 6.07) is 6.09. The van der Waals surface area contributed by atoms with Crippen LogP contribution in [-0.4, -0.2) is 53.9 Å². The number of hydrogen-bond donors (Lipinski definition) is 1. The fourth-order valence-electron chi connectivity index (χ4n) is 2.67. The third kappa shape index (κ3) is 4.35. The Morgan fingerprint density at radius 3 is 2.38 bits per heavy atom. The van der Waals surface area contributed by atoms with E-state index in [1.54, 1.807) is 11.0 Å². The van der Waals surface area contributed by atoms with Crippen LogP contribution in [-0.2, 0) is 0 Å². The molecule has 7 nitrogen and oxygen atoms in total. The molecule has 0 radical (unpaired) electrons. The number of halogens is 2. The van der Waals surface area contributed by atoms with Gasteiger partial charge in [0.25, 0.3) is 0 Å². The van der Waals surface area contributed by atoms with Gasteiger partial charge in [0.05, 0.1) is 6.61 Å². The lowest BCUT2D eigenvalue weighted by Gasteiger charge is -2.35. The molecule has 2 aromatic rings. The van der Waals surface area contributed by atoms with Crippen LogP contribution < -0.4 is 15.0 Å². The second-order valence-corrected chi connectivity index (χ2v) is 5.73. The molecule has 1 saturated heterocycles. The fraction of sp³-hybridized carbons (Fsp3) is 0.353. The van der Waals surface area contributed by atoms with Crippen LogP contribution in [0.4, 0.5) is 25.1 Å². The van der Waals surface area contributed by atoms with Gasteiger partial charge >= 0.3 is 6.03 Å². The normalized spacial score (nSPS) is 14.3. The quantitative estimate of drug-likeness (QED) is 0.904. The molecular formula is C17H19F2N5O2. The van der Waals surface area contributed by atoms with Gasteiger partial charge in [-0.15, -0.1) is 10.2 Å². The van der Waals surface area contributed by atoms with Crippen molar-refractivity contribution >= 4 is 17.5 Å². The molecule has 1 fully saturated rings. The highest BCUT2D eigenvalue weighted by molar-refractivity contribution is 5.89. The highest BCUT2D eigenvalue weighted by atomic mass is 19.1. The number of carbonyl (C=O) groups excluding carboxylic acids is 1. The molecule has 0 saturated carbocycles. The Bertz CT molecular complexity index is 744. The predicted octanol–water partition coefficient (Wildman–Crippen LogP) is 2.51. The Kier molecular flexibility index (Phi) is 5.45. The standard InChI is InChI=1S/C17H19F2N5O2/c1-2-26-16-4-3-15(21-22-16)23-5-7-24(8-6-23)17(25)20-14-10-12(18)9-13(19)11-14/h3-4,9-11H,2,5-8H2,1H3,(H,20,25). The van der Waals surface area contributed by atoms with Crippen molar-refractivity contribution in [3.63, 3.8) is 0 Å². The number of nitrogens with zero attached hydrogens (tertiary/aromatic N) is 4. The molecule has 0 unspecified atom stereocenters. The van der Waals surface area contributed by atoms with Crippen LogP contribution in [0.15, 0.2) is 30.3 Å². The molecule has 0 bridgehead atoms. The van der Waals surface area contributed by atoms with Crippen molar-refractivity contribution in [3.05, 3.63) is 42.0 Å². The smallest absolute Gasteiger partial charge is 0.321 e. The van der Waals surface area contributed by atoms with Gasteiger partial charge in [-0.2, -0.15) is 0 Å². The number of rotatable bonds is 4. The number of anilines is 2. The zero-order valence-corrected chi connectivity index (χ0v) is 14.3. The second-order valence-electron chi connectivity index (χ2n) is 5.73. The SMILES string of the molecule is CCOc1ccc(N2CCN(C(=O)Nc3cc(F)cc(F)c3)CC2)nn1. The maximum Gasteiger partial charge on any atom is 0.321 e. The highest BCUT2D eigenvalue weighted by Gasteiger charge is 2.22. The summed E-state index contributed by atoms with van der Waals surface area (Å²) in [4.78, 5) is 15.8. The summed E-state index contributed by atoms with van der Waals surface area (Å²) in [7, 11) is 0. The van der Waals surface area contributed by atoms with Crippen molar-refractivity contribution in [2.75, 3.05) is 43.0 Å². The van der Waals surface area contributed by atoms with Gasteiger partial charge in [-0.05, 0) is 25.1 Å². The minimum Gasteiger partial charge on any atom is -0.477 e. The molecule has 0 atom stereocenters. The van der Waals surface area contributed by atoms with Crippen LogP contribution in [0.5, 0.6) is 5.88 Å². The van der Waals surface area contributed by atoms with Crippen molar-refractivity contribution in [1.82, 2.24) is 15.1 Å². The number of aromatic nitrogens is 2. The summed E-state index contributed by atoms with van der Waals surface area (Å²) in [6.07, 6.45) is 0. The van der Waals surface area contributed by atoms with Crippen LogP contribution >= 0.6 is 0 Å². The van der Waals surface area contributed by atoms with Gasteiger partial charge in [0, 0.05) is 44.0 Å². The molecule has 9 heteroatoms. The van der Waals surface area contributed by atoms with Crippen LogP contribution in [0, 0.1) is 11.6 Å². The van der Waals surface area contributed by atoms with Gasteiger partial charge in [-0.1, -0.05) is 0 Å². The van der Waals surface area contributed by atoms with E-state index in [4.69, 9.17) is 4.74 Å². The topological polar surface area (TPSA) is 70.6 Å². The summed E-state index contributed by atoms with van der Waals surface area (Å²) in [5.41, 5.74) is 0.0901. The first-order valence-electron chi connectivity index (χ1n) is 8.28.